The molecule has 0 aliphatic heterocycles. The topological polar surface area (TPSA) is 42.7 Å². The van der Waals surface area contributed by atoms with E-state index >= 15 is 0 Å². The third kappa shape index (κ3) is 3.23. The number of rotatable bonds is 5. The lowest BCUT2D eigenvalue weighted by atomic mass is 10.4. The van der Waals surface area contributed by atoms with Crippen LogP contribution in [0.5, 0.6) is 0 Å². The molecule has 2 heterocycles. The van der Waals surface area contributed by atoms with Gasteiger partial charge >= 0.3 is 0 Å². The van der Waals surface area contributed by atoms with Crippen molar-refractivity contribution in [1.29, 1.82) is 0 Å². The average Bonchev–Trinajstić information content (AvgIpc) is 2.78. The fourth-order valence-electron chi connectivity index (χ4n) is 1.67. The lowest BCUT2D eigenvalue weighted by Gasteiger charge is -2.09. The Morgan fingerprint density at radius 2 is 2.28 bits per heavy atom. The summed E-state index contributed by atoms with van der Waals surface area (Å²) in [4.78, 5) is 8.39. The monoisotopic (exact) mass is 328 g/mol. The van der Waals surface area contributed by atoms with Crippen molar-refractivity contribution in [3.63, 3.8) is 0 Å². The first kappa shape index (κ1) is 13.4. The quantitative estimate of drug-likeness (QED) is 0.850. The number of aryl methyl sites for hydroxylation is 1. The third-order valence-electron chi connectivity index (χ3n) is 2.51. The Morgan fingerprint density at radius 1 is 1.44 bits per heavy atom. The average molecular weight is 330 g/mol. The molecular formula is C12H14BrClN4. The van der Waals surface area contributed by atoms with Crippen LogP contribution in [0, 0.1) is 0 Å². The van der Waals surface area contributed by atoms with Crippen LogP contribution in [0.4, 0.5) is 5.69 Å². The Kier molecular flexibility index (Phi) is 4.60. The van der Waals surface area contributed by atoms with Crippen molar-refractivity contribution < 1.29 is 0 Å². The highest BCUT2D eigenvalue weighted by Gasteiger charge is 2.05. The second-order valence-electron chi connectivity index (χ2n) is 3.88. The molecule has 0 fully saturated rings. The fraction of sp³-hybridized carbons (Fsp3) is 0.333. The summed E-state index contributed by atoms with van der Waals surface area (Å²) in [5.41, 5.74) is 0.803. The normalized spacial score (nSPS) is 10.6. The maximum Gasteiger partial charge on any atom is 0.152 e. The number of halogens is 2. The Labute approximate surface area is 120 Å². The van der Waals surface area contributed by atoms with E-state index in [1.54, 1.807) is 6.20 Å². The Balaban J connectivity index is 2.06. The van der Waals surface area contributed by atoms with Crippen molar-refractivity contribution in [2.24, 2.45) is 0 Å². The molecular weight excluding hydrogens is 316 g/mol. The highest BCUT2D eigenvalue weighted by molar-refractivity contribution is 9.10. The van der Waals surface area contributed by atoms with Crippen molar-refractivity contribution in [1.82, 2.24) is 14.5 Å². The van der Waals surface area contributed by atoms with Gasteiger partial charge in [0.25, 0.3) is 0 Å². The third-order valence-corrected chi connectivity index (χ3v) is 3.24. The Morgan fingerprint density at radius 3 is 3.06 bits per heavy atom. The molecule has 18 heavy (non-hydrogen) atoms. The van der Waals surface area contributed by atoms with Crippen LogP contribution in [0.1, 0.15) is 19.2 Å². The molecule has 0 bridgehead atoms. The minimum atomic E-state index is 0.465. The van der Waals surface area contributed by atoms with E-state index in [0.29, 0.717) is 11.7 Å². The van der Waals surface area contributed by atoms with E-state index < -0.39 is 0 Å². The van der Waals surface area contributed by atoms with Gasteiger partial charge in [-0.2, -0.15) is 0 Å². The molecule has 0 amide bonds. The van der Waals surface area contributed by atoms with Gasteiger partial charge < -0.3 is 9.88 Å². The molecule has 2 aromatic heterocycles. The molecule has 96 valence electrons. The largest absolute Gasteiger partial charge is 0.375 e. The van der Waals surface area contributed by atoms with Crippen LogP contribution in [0.2, 0.25) is 5.15 Å². The number of imidazole rings is 1. The number of hydrogen-bond donors (Lipinski definition) is 1. The maximum atomic E-state index is 6.02. The molecule has 4 nitrogen and oxygen atoms in total. The molecule has 1 N–H and O–H groups in total. The first-order valence-electron chi connectivity index (χ1n) is 5.75. The summed E-state index contributed by atoms with van der Waals surface area (Å²) < 4.78 is 3.03. The predicted molar refractivity (Wildman–Crippen MR) is 76.8 cm³/mol. The number of nitrogens with zero attached hydrogens (tertiary/aromatic N) is 3. The molecule has 0 atom stereocenters. The lowest BCUT2D eigenvalue weighted by Crippen LogP contribution is -2.08. The summed E-state index contributed by atoms with van der Waals surface area (Å²) in [5.74, 6) is 0.993. The van der Waals surface area contributed by atoms with E-state index in [-0.39, 0.29) is 0 Å². The van der Waals surface area contributed by atoms with Crippen LogP contribution in [0.15, 0.2) is 29.1 Å². The summed E-state index contributed by atoms with van der Waals surface area (Å²) in [6, 6.07) is 1.91. The Hall–Kier alpha value is -1.07. The van der Waals surface area contributed by atoms with Crippen LogP contribution in [0.3, 0.4) is 0 Å². The number of pyridine rings is 1. The standard InChI is InChI=1S/C12H14BrClN4/c1-2-4-18-5-3-15-11(18)8-16-10-6-9(13)7-17-12(10)14/h3,5-7,16H,2,4,8H2,1H3. The van der Waals surface area contributed by atoms with Crippen molar-refractivity contribution in [3.8, 4) is 0 Å². The minimum absolute atomic E-state index is 0.465. The van der Waals surface area contributed by atoms with Crippen molar-refractivity contribution in [3.05, 3.63) is 40.1 Å². The molecule has 0 spiro atoms. The predicted octanol–water partition coefficient (Wildman–Crippen LogP) is 3.72. The maximum absolute atomic E-state index is 6.02. The lowest BCUT2D eigenvalue weighted by molar-refractivity contribution is 0.644. The highest BCUT2D eigenvalue weighted by atomic mass is 79.9. The number of anilines is 1. The SMILES string of the molecule is CCCn1ccnc1CNc1cc(Br)cnc1Cl. The number of hydrogen-bond acceptors (Lipinski definition) is 3. The summed E-state index contributed by atoms with van der Waals surface area (Å²) in [7, 11) is 0. The smallest absolute Gasteiger partial charge is 0.152 e. The fourth-order valence-corrected chi connectivity index (χ4v) is 2.17. The number of aromatic nitrogens is 3. The molecule has 0 aliphatic carbocycles. The highest BCUT2D eigenvalue weighted by Crippen LogP contribution is 2.23. The molecule has 2 aromatic rings. The van der Waals surface area contributed by atoms with Gasteiger partial charge in [-0.1, -0.05) is 18.5 Å². The van der Waals surface area contributed by atoms with E-state index in [1.165, 1.54) is 0 Å². The van der Waals surface area contributed by atoms with Gasteiger partial charge in [0.2, 0.25) is 0 Å². The summed E-state index contributed by atoms with van der Waals surface area (Å²) in [5, 5.41) is 3.71. The van der Waals surface area contributed by atoms with E-state index in [2.05, 4.69) is 42.7 Å². The molecule has 0 saturated carbocycles. The molecule has 2 rings (SSSR count). The zero-order chi connectivity index (χ0) is 13.0. The summed E-state index contributed by atoms with van der Waals surface area (Å²) >= 11 is 9.39. The van der Waals surface area contributed by atoms with Crippen LogP contribution >= 0.6 is 27.5 Å². The Bertz CT molecular complexity index is 527. The van der Waals surface area contributed by atoms with Crippen molar-refractivity contribution in [2.75, 3.05) is 5.32 Å². The zero-order valence-electron chi connectivity index (χ0n) is 10.0. The van der Waals surface area contributed by atoms with Gasteiger partial charge in [-0.15, -0.1) is 0 Å². The summed E-state index contributed by atoms with van der Waals surface area (Å²) in [6.07, 6.45) is 6.56. The van der Waals surface area contributed by atoms with Gasteiger partial charge in [0.15, 0.2) is 5.15 Å². The van der Waals surface area contributed by atoms with Gasteiger partial charge in [-0.3, -0.25) is 0 Å². The molecule has 0 aliphatic rings. The van der Waals surface area contributed by atoms with Crippen molar-refractivity contribution in [2.45, 2.75) is 26.4 Å². The van der Waals surface area contributed by atoms with E-state index in [0.717, 1.165) is 29.0 Å². The summed E-state index contributed by atoms with van der Waals surface area (Å²) in [6.45, 7) is 3.75. The van der Waals surface area contributed by atoms with E-state index in [4.69, 9.17) is 11.6 Å². The van der Waals surface area contributed by atoms with Gasteiger partial charge in [0.1, 0.15) is 5.82 Å². The van der Waals surface area contributed by atoms with Crippen LogP contribution in [-0.2, 0) is 13.1 Å². The van der Waals surface area contributed by atoms with Crippen LogP contribution in [0.25, 0.3) is 0 Å². The first-order chi connectivity index (χ1) is 8.70. The van der Waals surface area contributed by atoms with Crippen molar-refractivity contribution >= 4 is 33.2 Å². The van der Waals surface area contributed by atoms with E-state index in [1.807, 2.05) is 18.5 Å². The van der Waals surface area contributed by atoms with Gasteiger partial charge in [-0.25, -0.2) is 9.97 Å². The second kappa shape index (κ2) is 6.20. The zero-order valence-corrected chi connectivity index (χ0v) is 12.4. The van der Waals surface area contributed by atoms with Gasteiger partial charge in [-0.05, 0) is 28.4 Å². The number of nitrogens with one attached hydrogen (secondary N) is 1. The van der Waals surface area contributed by atoms with Crippen LogP contribution in [-0.4, -0.2) is 14.5 Å². The van der Waals surface area contributed by atoms with Crippen LogP contribution < -0.4 is 5.32 Å². The second-order valence-corrected chi connectivity index (χ2v) is 5.16. The van der Waals surface area contributed by atoms with Gasteiger partial charge in [0.05, 0.1) is 12.2 Å². The first-order valence-corrected chi connectivity index (χ1v) is 6.92. The molecule has 0 unspecified atom stereocenters. The minimum Gasteiger partial charge on any atom is -0.375 e. The van der Waals surface area contributed by atoms with E-state index in [9.17, 15) is 0 Å². The molecule has 0 radical (unpaired) electrons. The molecule has 0 aromatic carbocycles. The van der Waals surface area contributed by atoms with Gasteiger partial charge in [0, 0.05) is 29.6 Å². The molecule has 6 heteroatoms. The molecule has 0 saturated heterocycles.